The predicted octanol–water partition coefficient (Wildman–Crippen LogP) is 4.37. The van der Waals surface area contributed by atoms with Crippen molar-refractivity contribution >= 4 is 28.7 Å². The van der Waals surface area contributed by atoms with Crippen molar-refractivity contribution in [2.45, 2.75) is 32.0 Å². The van der Waals surface area contributed by atoms with Gasteiger partial charge in [0, 0.05) is 6.20 Å². The number of hydrogen-bond donors (Lipinski definition) is 1. The average Bonchev–Trinajstić information content (AvgIpc) is 2.80. The molecule has 1 atom stereocenters. The van der Waals surface area contributed by atoms with Gasteiger partial charge in [0.1, 0.15) is 0 Å². The van der Waals surface area contributed by atoms with E-state index in [2.05, 4.69) is 41.3 Å². The van der Waals surface area contributed by atoms with Crippen LogP contribution in [0.3, 0.4) is 0 Å². The minimum Gasteiger partial charge on any atom is -0.349 e. The molecule has 0 bridgehead atoms. The number of aryl methyl sites for hydroxylation is 2. The van der Waals surface area contributed by atoms with Crippen LogP contribution in [0.5, 0.6) is 0 Å². The first-order chi connectivity index (χ1) is 15.4. The number of thioether (sulfide) groups is 1. The summed E-state index contributed by atoms with van der Waals surface area (Å²) in [6.07, 6.45) is 1.61. The highest BCUT2D eigenvalue weighted by molar-refractivity contribution is 7.99. The van der Waals surface area contributed by atoms with E-state index in [0.29, 0.717) is 21.9 Å². The van der Waals surface area contributed by atoms with E-state index in [9.17, 15) is 9.59 Å². The zero-order valence-corrected chi connectivity index (χ0v) is 19.0. The van der Waals surface area contributed by atoms with Gasteiger partial charge in [0.2, 0.25) is 5.91 Å². The molecule has 4 rings (SSSR count). The summed E-state index contributed by atoms with van der Waals surface area (Å²) < 4.78 is 1.54. The normalized spacial score (nSPS) is 12.0. The van der Waals surface area contributed by atoms with Crippen molar-refractivity contribution in [2.75, 3.05) is 5.75 Å². The summed E-state index contributed by atoms with van der Waals surface area (Å²) in [5, 5.41) is 3.90. The molecule has 0 spiro atoms. The van der Waals surface area contributed by atoms with Gasteiger partial charge in [-0.05, 0) is 61.7 Å². The Morgan fingerprint density at radius 1 is 1.06 bits per heavy atom. The summed E-state index contributed by atoms with van der Waals surface area (Å²) in [6, 6.07) is 18.8. The molecule has 1 N–H and O–H groups in total. The van der Waals surface area contributed by atoms with Gasteiger partial charge in [0.15, 0.2) is 10.8 Å². The van der Waals surface area contributed by atoms with Gasteiger partial charge in [-0.2, -0.15) is 0 Å². The number of rotatable bonds is 6. The number of fused-ring (bicyclic) bond motifs is 1. The lowest BCUT2D eigenvalue weighted by Crippen LogP contribution is -2.29. The minimum atomic E-state index is -0.208. The quantitative estimate of drug-likeness (QED) is 0.353. The number of carbonyl (C=O) groups is 1. The summed E-state index contributed by atoms with van der Waals surface area (Å²) >= 11 is 1.22. The number of amides is 1. The fourth-order valence-corrected chi connectivity index (χ4v) is 4.24. The third kappa shape index (κ3) is 4.57. The van der Waals surface area contributed by atoms with E-state index in [1.54, 1.807) is 18.3 Å². The second-order valence-corrected chi connectivity index (χ2v) is 8.61. The van der Waals surface area contributed by atoms with E-state index in [4.69, 9.17) is 0 Å². The molecule has 0 aliphatic carbocycles. The summed E-state index contributed by atoms with van der Waals surface area (Å²) in [5.41, 5.74) is 4.33. The highest BCUT2D eigenvalue weighted by Crippen LogP contribution is 2.21. The fraction of sp³-hybridized carbons (Fsp3) is 0.200. The van der Waals surface area contributed by atoms with E-state index in [1.165, 1.54) is 27.5 Å². The van der Waals surface area contributed by atoms with E-state index in [0.717, 1.165) is 5.56 Å². The van der Waals surface area contributed by atoms with Gasteiger partial charge in [0.25, 0.3) is 5.56 Å². The first kappa shape index (κ1) is 21.8. The molecule has 0 aliphatic rings. The van der Waals surface area contributed by atoms with E-state index >= 15 is 0 Å². The van der Waals surface area contributed by atoms with Crippen LogP contribution >= 0.6 is 11.8 Å². The Morgan fingerprint density at radius 3 is 2.59 bits per heavy atom. The van der Waals surface area contributed by atoms with Crippen LogP contribution < -0.4 is 10.9 Å². The molecule has 0 unspecified atom stereocenters. The van der Waals surface area contributed by atoms with Crippen LogP contribution in [0.1, 0.15) is 29.7 Å². The Balaban J connectivity index is 1.58. The molecular formula is C25H24N4O2S. The van der Waals surface area contributed by atoms with E-state index in [-0.39, 0.29) is 23.3 Å². The largest absolute Gasteiger partial charge is 0.349 e. The average molecular weight is 445 g/mol. The standard InChI is InChI=1S/C25H24N4O2S/c1-16-11-12-19(14-17(16)2)18(3)27-22(30)15-32-25-28-23-21(10-7-13-26-23)24(31)29(25)20-8-5-4-6-9-20/h4-14,18H,15H2,1-3H3,(H,27,30)/t18-/m1/s1. The smallest absolute Gasteiger partial charge is 0.268 e. The van der Waals surface area contributed by atoms with Gasteiger partial charge in [-0.15, -0.1) is 0 Å². The molecule has 32 heavy (non-hydrogen) atoms. The van der Waals surface area contributed by atoms with Crippen molar-refractivity contribution < 1.29 is 4.79 Å². The number of nitrogens with one attached hydrogen (secondary N) is 1. The Morgan fingerprint density at radius 2 is 1.84 bits per heavy atom. The molecule has 0 radical (unpaired) electrons. The van der Waals surface area contributed by atoms with Crippen molar-refractivity contribution in [3.05, 3.63) is 93.9 Å². The van der Waals surface area contributed by atoms with Crippen LogP contribution in [-0.4, -0.2) is 26.2 Å². The molecule has 7 heteroatoms. The van der Waals surface area contributed by atoms with Crippen LogP contribution in [0, 0.1) is 13.8 Å². The lowest BCUT2D eigenvalue weighted by atomic mass is 10.0. The second kappa shape index (κ2) is 9.36. The number of pyridine rings is 1. The third-order valence-corrected chi connectivity index (χ3v) is 6.31. The van der Waals surface area contributed by atoms with Crippen molar-refractivity contribution in [3.63, 3.8) is 0 Å². The van der Waals surface area contributed by atoms with Crippen LogP contribution in [0.2, 0.25) is 0 Å². The Bertz CT molecular complexity index is 1340. The van der Waals surface area contributed by atoms with Gasteiger partial charge in [-0.25, -0.2) is 9.97 Å². The molecule has 0 fully saturated rings. The SMILES string of the molecule is Cc1ccc([C@@H](C)NC(=O)CSc2nc3ncccc3c(=O)n2-c2ccccc2)cc1C. The van der Waals surface area contributed by atoms with Gasteiger partial charge in [0.05, 0.1) is 22.9 Å². The Hall–Kier alpha value is -3.45. The van der Waals surface area contributed by atoms with Gasteiger partial charge in [-0.1, -0.05) is 48.2 Å². The number of para-hydroxylation sites is 1. The molecular weight excluding hydrogens is 420 g/mol. The number of benzene rings is 2. The molecule has 162 valence electrons. The lowest BCUT2D eigenvalue weighted by Gasteiger charge is -2.16. The third-order valence-electron chi connectivity index (χ3n) is 5.37. The second-order valence-electron chi connectivity index (χ2n) is 7.67. The molecule has 1 amide bonds. The summed E-state index contributed by atoms with van der Waals surface area (Å²) in [7, 11) is 0. The van der Waals surface area contributed by atoms with Crippen LogP contribution in [0.15, 0.2) is 76.8 Å². The summed E-state index contributed by atoms with van der Waals surface area (Å²) in [6.45, 7) is 6.09. The van der Waals surface area contributed by atoms with Crippen molar-refractivity contribution in [3.8, 4) is 5.69 Å². The predicted molar refractivity (Wildman–Crippen MR) is 128 cm³/mol. The first-order valence-corrected chi connectivity index (χ1v) is 11.3. The molecule has 2 heterocycles. The maximum atomic E-state index is 13.2. The van der Waals surface area contributed by atoms with Gasteiger partial charge >= 0.3 is 0 Å². The molecule has 0 saturated carbocycles. The molecule has 2 aromatic heterocycles. The molecule has 4 aromatic rings. The Labute approximate surface area is 190 Å². The summed E-state index contributed by atoms with van der Waals surface area (Å²) in [5.74, 6) is 0.00277. The van der Waals surface area contributed by atoms with E-state index in [1.807, 2.05) is 43.3 Å². The zero-order chi connectivity index (χ0) is 22.7. The monoisotopic (exact) mass is 444 g/mol. The fourth-order valence-electron chi connectivity index (χ4n) is 3.43. The molecule has 2 aromatic carbocycles. The van der Waals surface area contributed by atoms with Crippen molar-refractivity contribution in [1.29, 1.82) is 0 Å². The van der Waals surface area contributed by atoms with Gasteiger partial charge < -0.3 is 5.32 Å². The highest BCUT2D eigenvalue weighted by atomic mass is 32.2. The molecule has 0 aliphatic heterocycles. The maximum absolute atomic E-state index is 13.2. The van der Waals surface area contributed by atoms with Crippen LogP contribution in [0.4, 0.5) is 0 Å². The molecule has 0 saturated heterocycles. The number of hydrogen-bond acceptors (Lipinski definition) is 5. The minimum absolute atomic E-state index is 0.120. The number of nitrogens with zero attached hydrogens (tertiary/aromatic N) is 3. The van der Waals surface area contributed by atoms with Crippen molar-refractivity contribution in [2.24, 2.45) is 0 Å². The van der Waals surface area contributed by atoms with Crippen LogP contribution in [-0.2, 0) is 4.79 Å². The summed E-state index contributed by atoms with van der Waals surface area (Å²) in [4.78, 5) is 34.7. The zero-order valence-electron chi connectivity index (χ0n) is 18.2. The van der Waals surface area contributed by atoms with Crippen LogP contribution in [0.25, 0.3) is 16.7 Å². The van der Waals surface area contributed by atoms with Crippen molar-refractivity contribution in [1.82, 2.24) is 19.9 Å². The lowest BCUT2D eigenvalue weighted by molar-refractivity contribution is -0.119. The number of carbonyl (C=O) groups excluding carboxylic acids is 1. The molecule has 6 nitrogen and oxygen atoms in total. The maximum Gasteiger partial charge on any atom is 0.268 e. The first-order valence-electron chi connectivity index (χ1n) is 10.4. The van der Waals surface area contributed by atoms with Gasteiger partial charge in [-0.3, -0.25) is 14.2 Å². The Kier molecular flexibility index (Phi) is 6.37. The van der Waals surface area contributed by atoms with E-state index < -0.39 is 0 Å². The topological polar surface area (TPSA) is 76.9 Å². The highest BCUT2D eigenvalue weighted by Gasteiger charge is 2.16. The number of aromatic nitrogens is 3.